The Bertz CT molecular complexity index is 808. The van der Waals surface area contributed by atoms with Crippen molar-refractivity contribution in [3.05, 3.63) is 121 Å². The van der Waals surface area contributed by atoms with Gasteiger partial charge in [-0.2, -0.15) is 0 Å². The van der Waals surface area contributed by atoms with Gasteiger partial charge in [0.15, 0.2) is 0 Å². The summed E-state index contributed by atoms with van der Waals surface area (Å²) in [5.41, 5.74) is 0. The van der Waals surface area contributed by atoms with Crippen molar-refractivity contribution in [1.82, 2.24) is 0 Å². The van der Waals surface area contributed by atoms with Crippen LogP contribution in [0.2, 0.25) is 4.87 Å². The van der Waals surface area contributed by atoms with Crippen molar-refractivity contribution >= 4 is 31.4 Å². The second-order valence-corrected chi connectivity index (χ2v) is 21.7. The van der Waals surface area contributed by atoms with E-state index in [1.807, 2.05) is 0 Å². The van der Waals surface area contributed by atoms with E-state index in [4.69, 9.17) is 0 Å². The Morgan fingerprint density at radius 3 is 0.731 bits per heavy atom. The van der Waals surface area contributed by atoms with E-state index in [0.717, 1.165) is 0 Å². The van der Waals surface area contributed by atoms with E-state index in [9.17, 15) is 0 Å². The molecule has 0 saturated carbocycles. The fraction of sp³-hybridized carbons (Fsp3) is 0.0400. The quantitative estimate of drug-likeness (QED) is 0.421. The zero-order chi connectivity index (χ0) is 17.9. The molecule has 4 aromatic rings. The molecule has 0 saturated heterocycles. The van der Waals surface area contributed by atoms with Crippen LogP contribution in [0.3, 0.4) is 0 Å². The maximum absolute atomic E-state index is 3.90. The third kappa shape index (κ3) is 2.44. The predicted molar refractivity (Wildman–Crippen MR) is 116 cm³/mol. The molecular formula is C25H23Sb. The second kappa shape index (κ2) is 6.78. The van der Waals surface area contributed by atoms with Crippen LogP contribution >= 0.6 is 0 Å². The van der Waals surface area contributed by atoms with Crippen molar-refractivity contribution in [3.63, 3.8) is 0 Å². The predicted octanol–water partition coefficient (Wildman–Crippen LogP) is 3.65. The molecule has 0 aliphatic rings. The minimum atomic E-state index is -3.90. The summed E-state index contributed by atoms with van der Waals surface area (Å²) < 4.78 is 5.85. The van der Waals surface area contributed by atoms with Crippen molar-refractivity contribution < 1.29 is 0 Å². The van der Waals surface area contributed by atoms with Gasteiger partial charge < -0.3 is 0 Å². The van der Waals surface area contributed by atoms with Gasteiger partial charge in [0.2, 0.25) is 0 Å². The second-order valence-electron chi connectivity index (χ2n) is 6.91. The van der Waals surface area contributed by atoms with Crippen molar-refractivity contribution in [2.24, 2.45) is 0 Å². The van der Waals surface area contributed by atoms with Crippen LogP contribution in [0.5, 0.6) is 0 Å². The molecule has 0 N–H and O–H groups in total. The molecule has 4 aromatic carbocycles. The van der Waals surface area contributed by atoms with E-state index in [1.54, 1.807) is 0 Å². The fourth-order valence-electron chi connectivity index (χ4n) is 4.10. The van der Waals surface area contributed by atoms with E-state index in [0.29, 0.717) is 0 Å². The molecule has 0 aliphatic carbocycles. The normalized spacial score (nSPS) is 12.9. The van der Waals surface area contributed by atoms with Crippen LogP contribution in [0.4, 0.5) is 0 Å². The number of hydrogen-bond acceptors (Lipinski definition) is 0. The summed E-state index contributed by atoms with van der Waals surface area (Å²) in [5.74, 6) is 0. The molecule has 0 unspecified atom stereocenters. The Hall–Kier alpha value is -2.30. The topological polar surface area (TPSA) is 0 Å². The van der Waals surface area contributed by atoms with Gasteiger partial charge in [-0.15, -0.1) is 0 Å². The van der Waals surface area contributed by atoms with E-state index in [-0.39, 0.29) is 0 Å². The van der Waals surface area contributed by atoms with Gasteiger partial charge in [-0.1, -0.05) is 0 Å². The summed E-state index contributed by atoms with van der Waals surface area (Å²) in [4.78, 5) is 2.56. The molecule has 0 nitrogen and oxygen atoms in total. The van der Waals surface area contributed by atoms with Crippen LogP contribution in [-0.2, 0) is 0 Å². The van der Waals surface area contributed by atoms with E-state index < -0.39 is 17.4 Å². The van der Waals surface area contributed by atoms with Crippen LogP contribution in [0, 0.1) is 0 Å². The first kappa shape index (κ1) is 17.1. The van der Waals surface area contributed by atoms with E-state index in [2.05, 4.69) is 126 Å². The number of hydrogen-bond donors (Lipinski definition) is 0. The monoisotopic (exact) mass is 444 g/mol. The molecule has 4 rings (SSSR count). The van der Waals surface area contributed by atoms with Crippen molar-refractivity contribution in [1.29, 1.82) is 0 Å². The first-order valence-electron chi connectivity index (χ1n) is 8.98. The Morgan fingerprint density at radius 2 is 0.538 bits per heavy atom. The number of benzene rings is 4. The summed E-state index contributed by atoms with van der Waals surface area (Å²) in [6, 6.07) is 44.5. The molecule has 0 atom stereocenters. The van der Waals surface area contributed by atoms with Gasteiger partial charge in [0.25, 0.3) is 0 Å². The molecule has 128 valence electrons. The Kier molecular flexibility index (Phi) is 4.47. The van der Waals surface area contributed by atoms with Gasteiger partial charge in [-0.3, -0.25) is 0 Å². The van der Waals surface area contributed by atoms with Crippen LogP contribution < -0.4 is 14.0 Å². The summed E-state index contributed by atoms with van der Waals surface area (Å²) in [6.07, 6.45) is 0. The van der Waals surface area contributed by atoms with Gasteiger partial charge in [-0.05, 0) is 0 Å². The van der Waals surface area contributed by atoms with E-state index >= 15 is 0 Å². The zero-order valence-corrected chi connectivity index (χ0v) is 17.5. The summed E-state index contributed by atoms with van der Waals surface area (Å²) in [6.45, 7) is 0. The molecule has 1 heteroatoms. The van der Waals surface area contributed by atoms with Gasteiger partial charge in [-0.25, -0.2) is 0 Å². The average molecular weight is 445 g/mol. The van der Waals surface area contributed by atoms with Gasteiger partial charge >= 0.3 is 158 Å². The summed E-state index contributed by atoms with van der Waals surface area (Å²) >= 11 is -3.90. The van der Waals surface area contributed by atoms with Crippen LogP contribution in [0.15, 0.2) is 121 Å². The van der Waals surface area contributed by atoms with Crippen molar-refractivity contribution in [2.45, 2.75) is 4.87 Å². The molecule has 0 radical (unpaired) electrons. The molecule has 0 aromatic heterocycles. The standard InChI is InChI=1S/4C6H5.CH3.Sb/c4*1-2-4-6-5-3-1;;/h4*1-5H;1H3;. The van der Waals surface area contributed by atoms with Crippen molar-refractivity contribution in [3.8, 4) is 0 Å². The van der Waals surface area contributed by atoms with Crippen molar-refractivity contribution in [2.75, 3.05) is 0 Å². The molecular weight excluding hydrogens is 422 g/mol. The summed E-state index contributed by atoms with van der Waals surface area (Å²) in [7, 11) is 0. The van der Waals surface area contributed by atoms with Gasteiger partial charge in [0.05, 0.1) is 0 Å². The third-order valence-corrected chi connectivity index (χ3v) is 23.7. The van der Waals surface area contributed by atoms with Crippen LogP contribution in [0.25, 0.3) is 0 Å². The Balaban J connectivity index is 2.23. The molecule has 0 heterocycles. The maximum atomic E-state index is 2.56. The first-order chi connectivity index (χ1) is 12.7. The molecule has 0 bridgehead atoms. The third-order valence-electron chi connectivity index (χ3n) is 5.61. The number of rotatable bonds is 4. The molecule has 0 fully saturated rings. The summed E-state index contributed by atoms with van der Waals surface area (Å²) in [5, 5.41) is 0. The van der Waals surface area contributed by atoms with Crippen LogP contribution in [0.1, 0.15) is 0 Å². The molecule has 0 amide bonds. The zero-order valence-electron chi connectivity index (χ0n) is 15.0. The Labute approximate surface area is 157 Å². The van der Waals surface area contributed by atoms with Gasteiger partial charge in [0, 0.05) is 0 Å². The fourth-order valence-corrected chi connectivity index (χ4v) is 19.7. The molecule has 0 spiro atoms. The Morgan fingerprint density at radius 1 is 0.346 bits per heavy atom. The molecule has 26 heavy (non-hydrogen) atoms. The van der Waals surface area contributed by atoms with Gasteiger partial charge in [0.1, 0.15) is 0 Å². The molecule has 0 aliphatic heterocycles. The first-order valence-corrected chi connectivity index (χ1v) is 16.6. The average Bonchev–Trinajstić information content (AvgIpc) is 2.76. The van der Waals surface area contributed by atoms with E-state index in [1.165, 1.54) is 14.0 Å². The van der Waals surface area contributed by atoms with Crippen LogP contribution in [-0.4, -0.2) is 17.4 Å². The SMILES string of the molecule is [CH3][Sb]([c]1ccccc1)([c]1ccccc1)([c]1ccccc1)[c]1ccccc1. The minimum absolute atomic E-state index is 1.46.